The summed E-state index contributed by atoms with van der Waals surface area (Å²) in [5.41, 5.74) is 1.85. The van der Waals surface area contributed by atoms with E-state index in [0.717, 1.165) is 12.1 Å². The lowest BCUT2D eigenvalue weighted by Gasteiger charge is -2.10. The van der Waals surface area contributed by atoms with E-state index < -0.39 is 11.6 Å². The van der Waals surface area contributed by atoms with Gasteiger partial charge in [-0.05, 0) is 36.4 Å². The minimum Gasteiger partial charge on any atom is -0.355 e. The molecule has 0 unspecified atom stereocenters. The Bertz CT molecular complexity index is 639. The minimum atomic E-state index is -0.902. The van der Waals surface area contributed by atoms with Gasteiger partial charge in [-0.15, -0.1) is 0 Å². The molecule has 110 valence electrons. The van der Waals surface area contributed by atoms with E-state index in [-0.39, 0.29) is 11.8 Å². The summed E-state index contributed by atoms with van der Waals surface area (Å²) in [7, 11) is 0. The zero-order valence-corrected chi connectivity index (χ0v) is 11.8. The molecule has 2 aromatic carbocycles. The lowest BCUT2D eigenvalue weighted by molar-refractivity contribution is -0.118. The highest BCUT2D eigenvalue weighted by Crippen LogP contribution is 2.20. The fourth-order valence-electron chi connectivity index (χ4n) is 1.66. The summed E-state index contributed by atoms with van der Waals surface area (Å²) in [4.78, 5) is 11.6. The van der Waals surface area contributed by atoms with Gasteiger partial charge in [0.25, 0.3) is 0 Å². The van der Waals surface area contributed by atoms with Crippen LogP contribution in [0.2, 0.25) is 0 Å². The van der Waals surface area contributed by atoms with Gasteiger partial charge < -0.3 is 10.6 Å². The highest BCUT2D eigenvalue weighted by atomic mass is 19.2. The lowest BCUT2D eigenvalue weighted by Crippen LogP contribution is -2.17. The molecule has 2 N–H and O–H groups in total. The summed E-state index contributed by atoms with van der Waals surface area (Å²) >= 11 is 0. The Balaban J connectivity index is 2.05. The van der Waals surface area contributed by atoms with E-state index in [1.54, 1.807) is 24.3 Å². The number of carbonyl (C=O) groups is 1. The molecule has 0 aliphatic heterocycles. The number of amides is 1. The molecule has 0 saturated carbocycles. The maximum Gasteiger partial charge on any atom is 0.226 e. The van der Waals surface area contributed by atoms with Crippen molar-refractivity contribution in [2.75, 3.05) is 10.6 Å². The van der Waals surface area contributed by atoms with Gasteiger partial charge in [-0.2, -0.15) is 0 Å². The highest BCUT2D eigenvalue weighted by molar-refractivity contribution is 5.92. The maximum absolute atomic E-state index is 13.1. The van der Waals surface area contributed by atoms with Crippen molar-refractivity contribution in [1.29, 1.82) is 0 Å². The van der Waals surface area contributed by atoms with Gasteiger partial charge in [0.2, 0.25) is 5.91 Å². The van der Waals surface area contributed by atoms with E-state index in [2.05, 4.69) is 10.6 Å². The van der Waals surface area contributed by atoms with Gasteiger partial charge in [0.05, 0.1) is 0 Å². The van der Waals surface area contributed by atoms with Crippen molar-refractivity contribution < 1.29 is 13.6 Å². The monoisotopic (exact) mass is 290 g/mol. The first kappa shape index (κ1) is 15.0. The Morgan fingerprint density at radius 1 is 0.905 bits per heavy atom. The summed E-state index contributed by atoms with van der Waals surface area (Å²) in [5, 5.41) is 5.73. The van der Waals surface area contributed by atoms with Gasteiger partial charge in [0.1, 0.15) is 0 Å². The Morgan fingerprint density at radius 2 is 1.48 bits per heavy atom. The molecule has 0 radical (unpaired) electrons. The molecule has 21 heavy (non-hydrogen) atoms. The largest absolute Gasteiger partial charge is 0.355 e. The number of rotatable bonds is 4. The van der Waals surface area contributed by atoms with Crippen LogP contribution in [0.1, 0.15) is 13.8 Å². The molecule has 5 heteroatoms. The van der Waals surface area contributed by atoms with Crippen LogP contribution in [-0.4, -0.2) is 5.91 Å². The average Bonchev–Trinajstić information content (AvgIpc) is 2.45. The van der Waals surface area contributed by atoms with E-state index in [1.165, 1.54) is 6.07 Å². The molecule has 3 nitrogen and oxygen atoms in total. The summed E-state index contributed by atoms with van der Waals surface area (Å²) in [6, 6.07) is 10.6. The summed E-state index contributed by atoms with van der Waals surface area (Å²) < 4.78 is 25.9. The van der Waals surface area contributed by atoms with Crippen LogP contribution < -0.4 is 10.6 Å². The molecule has 0 aromatic heterocycles. The van der Waals surface area contributed by atoms with Crippen molar-refractivity contribution in [1.82, 2.24) is 0 Å². The smallest absolute Gasteiger partial charge is 0.226 e. The first-order valence-electron chi connectivity index (χ1n) is 6.58. The molecular formula is C16H16F2N2O. The summed E-state index contributed by atoms with van der Waals surface area (Å²) in [6.45, 7) is 3.63. The first-order valence-corrected chi connectivity index (χ1v) is 6.58. The second-order valence-electron chi connectivity index (χ2n) is 4.98. The molecular weight excluding hydrogens is 274 g/mol. The van der Waals surface area contributed by atoms with E-state index in [0.29, 0.717) is 17.1 Å². The van der Waals surface area contributed by atoms with Crippen LogP contribution in [-0.2, 0) is 4.79 Å². The van der Waals surface area contributed by atoms with Gasteiger partial charge in [-0.1, -0.05) is 13.8 Å². The van der Waals surface area contributed by atoms with Gasteiger partial charge in [-0.25, -0.2) is 8.78 Å². The van der Waals surface area contributed by atoms with E-state index in [4.69, 9.17) is 0 Å². The van der Waals surface area contributed by atoms with Gasteiger partial charge >= 0.3 is 0 Å². The van der Waals surface area contributed by atoms with Crippen LogP contribution in [0, 0.1) is 17.6 Å². The van der Waals surface area contributed by atoms with Crippen molar-refractivity contribution in [2.24, 2.45) is 5.92 Å². The second kappa shape index (κ2) is 6.35. The Morgan fingerprint density at radius 3 is 2.05 bits per heavy atom. The van der Waals surface area contributed by atoms with Crippen molar-refractivity contribution in [3.05, 3.63) is 54.1 Å². The third-order valence-corrected chi connectivity index (χ3v) is 2.89. The van der Waals surface area contributed by atoms with Crippen LogP contribution >= 0.6 is 0 Å². The van der Waals surface area contributed by atoms with Crippen LogP contribution in [0.25, 0.3) is 0 Å². The maximum atomic E-state index is 13.1. The van der Waals surface area contributed by atoms with Crippen molar-refractivity contribution >= 4 is 23.0 Å². The number of hydrogen-bond acceptors (Lipinski definition) is 2. The normalized spacial score (nSPS) is 10.5. The fourth-order valence-corrected chi connectivity index (χ4v) is 1.66. The molecule has 1 amide bonds. The molecule has 0 atom stereocenters. The zero-order chi connectivity index (χ0) is 15.4. The molecule has 0 fully saturated rings. The zero-order valence-electron chi connectivity index (χ0n) is 11.8. The fraction of sp³-hybridized carbons (Fsp3) is 0.188. The van der Waals surface area contributed by atoms with Crippen molar-refractivity contribution in [3.8, 4) is 0 Å². The number of anilines is 3. The van der Waals surface area contributed by atoms with Crippen molar-refractivity contribution in [2.45, 2.75) is 13.8 Å². The summed E-state index contributed by atoms with van der Waals surface area (Å²) in [5.74, 6) is -1.94. The molecule has 2 rings (SSSR count). The van der Waals surface area contributed by atoms with Gasteiger partial charge in [0.15, 0.2) is 11.6 Å². The first-order chi connectivity index (χ1) is 9.95. The Hall–Kier alpha value is -2.43. The van der Waals surface area contributed by atoms with Crippen LogP contribution in [0.15, 0.2) is 42.5 Å². The van der Waals surface area contributed by atoms with E-state index >= 15 is 0 Å². The molecule has 0 heterocycles. The molecule has 0 spiro atoms. The standard InChI is InChI=1S/C16H16F2N2O/c1-10(2)16(21)20-12-5-3-11(4-6-12)19-13-7-8-14(17)15(18)9-13/h3-10,19H,1-2H3,(H,20,21). The Kier molecular flexibility index (Phi) is 4.52. The number of nitrogens with one attached hydrogen (secondary N) is 2. The SMILES string of the molecule is CC(C)C(=O)Nc1ccc(Nc2ccc(F)c(F)c2)cc1. The predicted octanol–water partition coefficient (Wildman–Crippen LogP) is 4.30. The molecule has 2 aromatic rings. The highest BCUT2D eigenvalue weighted by Gasteiger charge is 2.07. The average molecular weight is 290 g/mol. The Labute approximate surface area is 122 Å². The van der Waals surface area contributed by atoms with Crippen LogP contribution in [0.5, 0.6) is 0 Å². The van der Waals surface area contributed by atoms with E-state index in [9.17, 15) is 13.6 Å². The quantitative estimate of drug-likeness (QED) is 0.881. The number of halogens is 2. The summed E-state index contributed by atoms with van der Waals surface area (Å²) in [6.07, 6.45) is 0. The topological polar surface area (TPSA) is 41.1 Å². The number of hydrogen-bond donors (Lipinski definition) is 2. The third-order valence-electron chi connectivity index (χ3n) is 2.89. The molecule has 0 saturated heterocycles. The van der Waals surface area contributed by atoms with Crippen LogP contribution in [0.4, 0.5) is 25.8 Å². The van der Waals surface area contributed by atoms with Gasteiger partial charge in [-0.3, -0.25) is 4.79 Å². The minimum absolute atomic E-state index is 0.0590. The van der Waals surface area contributed by atoms with E-state index in [1.807, 2.05) is 13.8 Å². The van der Waals surface area contributed by atoms with Crippen molar-refractivity contribution in [3.63, 3.8) is 0 Å². The molecule has 0 aliphatic carbocycles. The van der Waals surface area contributed by atoms with Gasteiger partial charge in [0, 0.05) is 29.0 Å². The van der Waals surface area contributed by atoms with Crippen LogP contribution in [0.3, 0.4) is 0 Å². The number of benzene rings is 2. The lowest BCUT2D eigenvalue weighted by atomic mass is 10.2. The predicted molar refractivity (Wildman–Crippen MR) is 79.6 cm³/mol. The molecule has 0 bridgehead atoms. The third kappa shape index (κ3) is 4.02. The molecule has 0 aliphatic rings. The second-order valence-corrected chi connectivity index (χ2v) is 4.98. The number of carbonyl (C=O) groups excluding carboxylic acids is 1.